The molecule has 0 fully saturated rings. The Hall–Kier alpha value is -2.10. The Bertz CT molecular complexity index is 570. The van der Waals surface area contributed by atoms with Gasteiger partial charge >= 0.3 is 5.97 Å². The quantitative estimate of drug-likeness (QED) is 0.885. The molecule has 2 aromatic rings. The maximum absolute atomic E-state index is 11.3. The zero-order valence-electron chi connectivity index (χ0n) is 11.3. The van der Waals surface area contributed by atoms with Crippen LogP contribution in [0.3, 0.4) is 0 Å². The van der Waals surface area contributed by atoms with Gasteiger partial charge in [-0.25, -0.2) is 4.98 Å². The Morgan fingerprint density at radius 3 is 2.42 bits per heavy atom. The topological polar surface area (TPSA) is 66.0 Å². The molecule has 0 bridgehead atoms. The first-order chi connectivity index (χ1) is 8.99. The number of aryl methyl sites for hydroxylation is 1. The number of aromatic nitrogens is 2. The smallest absolute Gasteiger partial charge is 0.314 e. The molecule has 1 aromatic heterocycles. The number of carboxylic acids is 1. The van der Waals surface area contributed by atoms with Crippen LogP contribution in [-0.2, 0) is 4.79 Å². The van der Waals surface area contributed by atoms with Crippen molar-refractivity contribution in [2.75, 3.05) is 0 Å². The van der Waals surface area contributed by atoms with Crippen molar-refractivity contribution >= 4 is 5.97 Å². The Balaban J connectivity index is 2.32. The van der Waals surface area contributed by atoms with Crippen molar-refractivity contribution in [3.8, 4) is 11.3 Å². The Labute approximate surface area is 112 Å². The second-order valence-electron chi connectivity index (χ2n) is 5.11. The summed E-state index contributed by atoms with van der Waals surface area (Å²) < 4.78 is 0. The molecule has 1 unspecified atom stereocenters. The van der Waals surface area contributed by atoms with Crippen LogP contribution in [0, 0.1) is 12.8 Å². The predicted molar refractivity (Wildman–Crippen MR) is 74.0 cm³/mol. The number of hydrogen-bond donors (Lipinski definition) is 2. The molecule has 100 valence electrons. The van der Waals surface area contributed by atoms with E-state index in [1.54, 1.807) is 6.20 Å². The van der Waals surface area contributed by atoms with Crippen LogP contribution in [0.25, 0.3) is 11.3 Å². The summed E-state index contributed by atoms with van der Waals surface area (Å²) in [6.45, 7) is 5.79. The number of H-pyrrole nitrogens is 1. The van der Waals surface area contributed by atoms with E-state index in [2.05, 4.69) is 9.97 Å². The van der Waals surface area contributed by atoms with Crippen molar-refractivity contribution in [3.63, 3.8) is 0 Å². The normalized spacial score (nSPS) is 12.6. The summed E-state index contributed by atoms with van der Waals surface area (Å²) in [4.78, 5) is 18.6. The van der Waals surface area contributed by atoms with Gasteiger partial charge in [0.1, 0.15) is 11.7 Å². The molecule has 1 atom stereocenters. The second-order valence-corrected chi connectivity index (χ2v) is 5.11. The lowest BCUT2D eigenvalue weighted by atomic mass is 9.95. The van der Waals surface area contributed by atoms with E-state index in [1.807, 2.05) is 45.0 Å². The SMILES string of the molecule is Cc1ccc(-c2cnc(C(C(=O)O)C(C)C)[nH]2)cc1. The summed E-state index contributed by atoms with van der Waals surface area (Å²) in [6, 6.07) is 8.04. The third-order valence-corrected chi connectivity index (χ3v) is 3.19. The van der Waals surface area contributed by atoms with Gasteiger partial charge in [-0.15, -0.1) is 0 Å². The monoisotopic (exact) mass is 258 g/mol. The average molecular weight is 258 g/mol. The van der Waals surface area contributed by atoms with E-state index in [9.17, 15) is 9.90 Å². The predicted octanol–water partition coefficient (Wildman–Crippen LogP) is 3.21. The summed E-state index contributed by atoms with van der Waals surface area (Å²) in [5.41, 5.74) is 3.05. The minimum Gasteiger partial charge on any atom is -0.481 e. The zero-order chi connectivity index (χ0) is 14.0. The molecule has 2 rings (SSSR count). The van der Waals surface area contributed by atoms with Crippen molar-refractivity contribution < 1.29 is 9.90 Å². The third kappa shape index (κ3) is 2.84. The first-order valence-corrected chi connectivity index (χ1v) is 6.33. The van der Waals surface area contributed by atoms with E-state index < -0.39 is 11.9 Å². The highest BCUT2D eigenvalue weighted by atomic mass is 16.4. The van der Waals surface area contributed by atoms with Crippen molar-refractivity contribution in [2.24, 2.45) is 5.92 Å². The van der Waals surface area contributed by atoms with Gasteiger partial charge in [-0.3, -0.25) is 4.79 Å². The van der Waals surface area contributed by atoms with Gasteiger partial charge < -0.3 is 10.1 Å². The van der Waals surface area contributed by atoms with Gasteiger partial charge in [0.25, 0.3) is 0 Å². The lowest BCUT2D eigenvalue weighted by Gasteiger charge is -2.13. The van der Waals surface area contributed by atoms with Crippen molar-refractivity contribution in [3.05, 3.63) is 41.9 Å². The standard InChI is InChI=1S/C15H18N2O2/c1-9(2)13(15(18)19)14-16-8-12(17-14)11-6-4-10(3)5-7-11/h4-9,13H,1-3H3,(H,16,17)(H,18,19). The van der Waals surface area contributed by atoms with Gasteiger partial charge in [0, 0.05) is 0 Å². The highest BCUT2D eigenvalue weighted by Gasteiger charge is 2.26. The number of carboxylic acid groups (broad SMARTS) is 1. The number of aliphatic carboxylic acids is 1. The molecule has 19 heavy (non-hydrogen) atoms. The Kier molecular flexibility index (Phi) is 3.69. The van der Waals surface area contributed by atoms with Crippen LogP contribution in [0.2, 0.25) is 0 Å². The summed E-state index contributed by atoms with van der Waals surface area (Å²) in [5, 5.41) is 9.25. The van der Waals surface area contributed by atoms with Crippen LogP contribution in [0.4, 0.5) is 0 Å². The van der Waals surface area contributed by atoms with E-state index in [0.29, 0.717) is 5.82 Å². The summed E-state index contributed by atoms with van der Waals surface area (Å²) in [5.74, 6) is -0.938. The van der Waals surface area contributed by atoms with E-state index in [4.69, 9.17) is 0 Å². The van der Waals surface area contributed by atoms with Crippen molar-refractivity contribution in [1.82, 2.24) is 9.97 Å². The molecule has 1 aromatic carbocycles. The van der Waals surface area contributed by atoms with Crippen molar-refractivity contribution in [2.45, 2.75) is 26.7 Å². The molecular weight excluding hydrogens is 240 g/mol. The molecule has 0 amide bonds. The molecule has 4 heteroatoms. The van der Waals surface area contributed by atoms with Gasteiger partial charge in [-0.2, -0.15) is 0 Å². The van der Waals surface area contributed by atoms with Crippen molar-refractivity contribution in [1.29, 1.82) is 0 Å². The van der Waals surface area contributed by atoms with Crippen LogP contribution < -0.4 is 0 Å². The summed E-state index contributed by atoms with van der Waals surface area (Å²) in [7, 11) is 0. The number of nitrogens with zero attached hydrogens (tertiary/aromatic N) is 1. The fourth-order valence-corrected chi connectivity index (χ4v) is 2.09. The van der Waals surface area contributed by atoms with E-state index in [1.165, 1.54) is 5.56 Å². The van der Waals surface area contributed by atoms with Gasteiger partial charge in [0.15, 0.2) is 0 Å². The first-order valence-electron chi connectivity index (χ1n) is 6.33. The van der Waals surface area contributed by atoms with Gasteiger partial charge in [0.2, 0.25) is 0 Å². The van der Waals surface area contributed by atoms with Gasteiger partial charge in [0.05, 0.1) is 11.9 Å². The van der Waals surface area contributed by atoms with Gasteiger partial charge in [-0.05, 0) is 18.4 Å². The number of aromatic amines is 1. The Morgan fingerprint density at radius 1 is 1.26 bits per heavy atom. The first kappa shape index (κ1) is 13.3. The third-order valence-electron chi connectivity index (χ3n) is 3.19. The molecule has 1 heterocycles. The maximum Gasteiger partial charge on any atom is 0.314 e. The highest BCUT2D eigenvalue weighted by molar-refractivity contribution is 5.75. The number of imidazole rings is 1. The second kappa shape index (κ2) is 5.26. The summed E-state index contributed by atoms with van der Waals surface area (Å²) in [6.07, 6.45) is 1.69. The molecule has 0 saturated carbocycles. The fraction of sp³-hybridized carbons (Fsp3) is 0.333. The molecule has 0 aliphatic heterocycles. The number of hydrogen-bond acceptors (Lipinski definition) is 2. The summed E-state index contributed by atoms with van der Waals surface area (Å²) >= 11 is 0. The lowest BCUT2D eigenvalue weighted by Crippen LogP contribution is -2.18. The largest absolute Gasteiger partial charge is 0.481 e. The number of benzene rings is 1. The highest BCUT2D eigenvalue weighted by Crippen LogP contribution is 2.25. The van der Waals surface area contributed by atoms with Gasteiger partial charge in [-0.1, -0.05) is 43.7 Å². The van der Waals surface area contributed by atoms with Crippen LogP contribution in [0.1, 0.15) is 31.2 Å². The van der Waals surface area contributed by atoms with E-state index in [-0.39, 0.29) is 5.92 Å². The molecule has 0 radical (unpaired) electrons. The maximum atomic E-state index is 11.3. The molecule has 2 N–H and O–H groups in total. The minimum absolute atomic E-state index is 0.00508. The van der Waals surface area contributed by atoms with E-state index >= 15 is 0 Å². The zero-order valence-corrected chi connectivity index (χ0v) is 11.3. The van der Waals surface area contributed by atoms with Crippen LogP contribution in [-0.4, -0.2) is 21.0 Å². The molecule has 4 nitrogen and oxygen atoms in total. The molecule has 0 spiro atoms. The molecule has 0 aliphatic carbocycles. The van der Waals surface area contributed by atoms with Crippen LogP contribution in [0.15, 0.2) is 30.5 Å². The Morgan fingerprint density at radius 2 is 1.89 bits per heavy atom. The molecule has 0 saturated heterocycles. The number of rotatable bonds is 4. The number of nitrogens with one attached hydrogen (secondary N) is 1. The number of carbonyl (C=O) groups is 1. The molecule has 0 aliphatic rings. The van der Waals surface area contributed by atoms with Crippen LogP contribution >= 0.6 is 0 Å². The van der Waals surface area contributed by atoms with E-state index in [0.717, 1.165) is 11.3 Å². The molecular formula is C15H18N2O2. The minimum atomic E-state index is -0.847. The average Bonchev–Trinajstić information content (AvgIpc) is 2.78. The van der Waals surface area contributed by atoms with Crippen LogP contribution in [0.5, 0.6) is 0 Å². The lowest BCUT2D eigenvalue weighted by molar-refractivity contribution is -0.140. The fourth-order valence-electron chi connectivity index (χ4n) is 2.09.